The third-order valence-corrected chi connectivity index (χ3v) is 6.70. The van der Waals surface area contributed by atoms with Crippen molar-refractivity contribution in [2.75, 3.05) is 5.73 Å². The number of benzene rings is 1. The van der Waals surface area contributed by atoms with Gasteiger partial charge in [-0.3, -0.25) is 9.36 Å². The number of nitrogens with one attached hydrogen (secondary N) is 1. The number of fused-ring (bicyclic) bond motifs is 1. The number of hydrogen-bond donors (Lipinski definition) is 2. The molecule has 3 N–H and O–H groups in total. The normalized spacial score (nSPS) is 16.8. The molecule has 0 fully saturated rings. The van der Waals surface area contributed by atoms with E-state index in [-0.39, 0.29) is 38.7 Å². The van der Waals surface area contributed by atoms with Crippen molar-refractivity contribution in [2.24, 2.45) is 0 Å². The van der Waals surface area contributed by atoms with Gasteiger partial charge in [0.1, 0.15) is 29.5 Å². The third kappa shape index (κ3) is 3.83. The van der Waals surface area contributed by atoms with Gasteiger partial charge in [0.05, 0.1) is 46.1 Å². The molecule has 0 saturated carbocycles. The van der Waals surface area contributed by atoms with E-state index in [1.165, 1.54) is 29.3 Å². The first-order valence-electron chi connectivity index (χ1n) is 11.0. The fourth-order valence-electron chi connectivity index (χ4n) is 4.51. The number of anilines is 1. The Balaban J connectivity index is 1.44. The van der Waals surface area contributed by atoms with E-state index in [0.29, 0.717) is 35.1 Å². The SMILES string of the molecule is CC1C[C@H](c2ncc(-c3ncc(N)nc3Cl)[nH]2)n2c1nc(-c1c(-n3cnnn3)ccc(Cl)c1F)cc2=O. The van der Waals surface area contributed by atoms with Crippen LogP contribution in [-0.4, -0.2) is 49.7 Å². The van der Waals surface area contributed by atoms with Crippen molar-refractivity contribution < 1.29 is 4.39 Å². The number of tetrazole rings is 1. The molecular weight excluding hydrogens is 524 g/mol. The van der Waals surface area contributed by atoms with Crippen molar-refractivity contribution in [2.45, 2.75) is 25.3 Å². The van der Waals surface area contributed by atoms with Crippen molar-refractivity contribution in [3.8, 4) is 28.3 Å². The number of H-pyrrole nitrogens is 1. The summed E-state index contributed by atoms with van der Waals surface area (Å²) in [5.74, 6) is 0.337. The second kappa shape index (κ2) is 8.71. The van der Waals surface area contributed by atoms with Crippen LogP contribution in [0.1, 0.15) is 37.0 Å². The Morgan fingerprint density at radius 2 is 2.03 bits per heavy atom. The lowest BCUT2D eigenvalue weighted by atomic mass is 10.1. The first-order chi connectivity index (χ1) is 17.8. The minimum absolute atomic E-state index is 0.0211. The molecule has 1 aromatic carbocycles. The number of nitrogen functional groups attached to an aromatic ring is 1. The topological polar surface area (TPSA) is 159 Å². The molecule has 5 aromatic rings. The van der Waals surface area contributed by atoms with Crippen LogP contribution in [0.3, 0.4) is 0 Å². The van der Waals surface area contributed by atoms with Gasteiger partial charge in [-0.25, -0.2) is 24.3 Å². The summed E-state index contributed by atoms with van der Waals surface area (Å²) < 4.78 is 18.1. The zero-order valence-corrected chi connectivity index (χ0v) is 20.5. The Labute approximate surface area is 217 Å². The van der Waals surface area contributed by atoms with Gasteiger partial charge in [0.15, 0.2) is 11.0 Å². The zero-order valence-electron chi connectivity index (χ0n) is 19.0. The van der Waals surface area contributed by atoms with Crippen LogP contribution in [0.5, 0.6) is 0 Å². The molecule has 0 aliphatic carbocycles. The first-order valence-corrected chi connectivity index (χ1v) is 11.8. The Morgan fingerprint density at radius 3 is 2.78 bits per heavy atom. The number of nitrogens with two attached hydrogens (primary N) is 1. The molecule has 1 aliphatic heterocycles. The fourth-order valence-corrected chi connectivity index (χ4v) is 4.92. The van der Waals surface area contributed by atoms with Crippen molar-refractivity contribution in [3.05, 3.63) is 74.9 Å². The summed E-state index contributed by atoms with van der Waals surface area (Å²) >= 11 is 12.3. The van der Waals surface area contributed by atoms with Crippen LogP contribution < -0.4 is 11.3 Å². The number of aromatic amines is 1. The molecule has 1 aliphatic rings. The number of halogens is 3. The standard InChI is InChI=1S/C22H16Cl2FN11O/c1-9-4-14(21-28-6-12(30-21)19-20(24)32-15(26)7-27-19)36-16(37)5-11(31-22(9)36)17-13(35-8-29-33-34-35)3-2-10(23)18(17)25/h2-3,5-9,14H,4H2,1H3,(H2,26,32)(H,28,30)/t9?,14-/m1/s1. The summed E-state index contributed by atoms with van der Waals surface area (Å²) in [4.78, 5) is 34.0. The van der Waals surface area contributed by atoms with Crippen molar-refractivity contribution >= 4 is 29.0 Å². The molecule has 1 unspecified atom stereocenters. The molecule has 5 heterocycles. The first kappa shape index (κ1) is 23.2. The maximum absolute atomic E-state index is 15.3. The molecule has 37 heavy (non-hydrogen) atoms. The van der Waals surface area contributed by atoms with Gasteiger partial charge in [-0.2, -0.15) is 4.68 Å². The molecule has 0 saturated heterocycles. The molecule has 0 radical (unpaired) electrons. The number of imidazole rings is 1. The largest absolute Gasteiger partial charge is 0.382 e. The third-order valence-electron chi connectivity index (χ3n) is 6.15. The van der Waals surface area contributed by atoms with E-state index >= 15 is 4.39 Å². The van der Waals surface area contributed by atoms with E-state index in [1.807, 2.05) is 6.92 Å². The molecule has 0 amide bonds. The summed E-state index contributed by atoms with van der Waals surface area (Å²) in [6.45, 7) is 1.94. The van der Waals surface area contributed by atoms with Crippen LogP contribution in [0.4, 0.5) is 10.2 Å². The molecule has 12 nitrogen and oxygen atoms in total. The van der Waals surface area contributed by atoms with Crippen LogP contribution in [-0.2, 0) is 0 Å². The maximum Gasteiger partial charge on any atom is 0.254 e. The molecule has 0 spiro atoms. The molecule has 0 bridgehead atoms. The van der Waals surface area contributed by atoms with Crippen molar-refractivity contribution in [1.82, 2.24) is 49.7 Å². The molecule has 15 heteroatoms. The fraction of sp³-hybridized carbons (Fsp3) is 0.182. The Morgan fingerprint density at radius 1 is 1.19 bits per heavy atom. The van der Waals surface area contributed by atoms with Crippen molar-refractivity contribution in [3.63, 3.8) is 0 Å². The summed E-state index contributed by atoms with van der Waals surface area (Å²) in [7, 11) is 0. The van der Waals surface area contributed by atoms with Crippen LogP contribution in [0.25, 0.3) is 28.3 Å². The Kier molecular flexibility index (Phi) is 5.46. The van der Waals surface area contributed by atoms with E-state index in [0.717, 1.165) is 0 Å². The predicted molar refractivity (Wildman–Crippen MR) is 132 cm³/mol. The van der Waals surface area contributed by atoms with E-state index in [9.17, 15) is 4.79 Å². The molecule has 6 rings (SSSR count). The van der Waals surface area contributed by atoms with Gasteiger partial charge in [0.25, 0.3) is 5.56 Å². The smallest absolute Gasteiger partial charge is 0.254 e. The van der Waals surface area contributed by atoms with E-state index in [4.69, 9.17) is 28.9 Å². The highest BCUT2D eigenvalue weighted by molar-refractivity contribution is 6.32. The number of rotatable bonds is 4. The van der Waals surface area contributed by atoms with Gasteiger partial charge in [-0.05, 0) is 29.0 Å². The summed E-state index contributed by atoms with van der Waals surface area (Å²) in [5, 5.41) is 11.1. The monoisotopic (exact) mass is 539 g/mol. The lowest BCUT2D eigenvalue weighted by molar-refractivity contribution is 0.555. The lowest BCUT2D eigenvalue weighted by Gasteiger charge is -2.15. The highest BCUT2D eigenvalue weighted by Gasteiger charge is 2.34. The maximum atomic E-state index is 15.3. The number of hydrogen-bond acceptors (Lipinski definition) is 9. The van der Waals surface area contributed by atoms with Gasteiger partial charge >= 0.3 is 0 Å². The summed E-state index contributed by atoms with van der Waals surface area (Å²) in [6, 6.07) is 3.79. The van der Waals surface area contributed by atoms with E-state index < -0.39 is 11.9 Å². The summed E-state index contributed by atoms with van der Waals surface area (Å²) in [6.07, 6.45) is 4.81. The van der Waals surface area contributed by atoms with Gasteiger partial charge in [-0.15, -0.1) is 5.10 Å². The van der Waals surface area contributed by atoms with Crippen LogP contribution in [0, 0.1) is 5.82 Å². The van der Waals surface area contributed by atoms with Crippen LogP contribution >= 0.6 is 23.2 Å². The number of nitrogens with zero attached hydrogens (tertiary/aromatic N) is 9. The van der Waals surface area contributed by atoms with Gasteiger partial charge in [0.2, 0.25) is 0 Å². The van der Waals surface area contributed by atoms with Crippen LogP contribution in [0.15, 0.2) is 41.7 Å². The minimum Gasteiger partial charge on any atom is -0.382 e. The highest BCUT2D eigenvalue weighted by atomic mass is 35.5. The zero-order chi connectivity index (χ0) is 25.8. The van der Waals surface area contributed by atoms with Gasteiger partial charge in [0, 0.05) is 12.0 Å². The second-order valence-corrected chi connectivity index (χ2v) is 9.25. The Bertz CT molecular complexity index is 1720. The highest BCUT2D eigenvalue weighted by Crippen LogP contribution is 2.39. The summed E-state index contributed by atoms with van der Waals surface area (Å²) in [5.41, 5.74) is 6.61. The molecular formula is C22H16Cl2FN11O. The van der Waals surface area contributed by atoms with Gasteiger partial charge < -0.3 is 10.7 Å². The van der Waals surface area contributed by atoms with Crippen LogP contribution in [0.2, 0.25) is 10.2 Å². The Hall–Kier alpha value is -4.23. The molecule has 4 aromatic heterocycles. The molecule has 186 valence electrons. The second-order valence-electron chi connectivity index (χ2n) is 8.49. The lowest BCUT2D eigenvalue weighted by Crippen LogP contribution is -2.25. The number of aromatic nitrogens is 10. The van der Waals surface area contributed by atoms with Crippen molar-refractivity contribution in [1.29, 1.82) is 0 Å². The quantitative estimate of drug-likeness (QED) is 0.349. The minimum atomic E-state index is -0.731. The van der Waals surface area contributed by atoms with E-state index in [1.54, 1.807) is 16.8 Å². The average Bonchev–Trinajstić information content (AvgIpc) is 3.62. The molecule has 2 atom stereocenters. The van der Waals surface area contributed by atoms with E-state index in [2.05, 4.69) is 40.4 Å². The van der Waals surface area contributed by atoms with Gasteiger partial charge in [-0.1, -0.05) is 30.1 Å². The predicted octanol–water partition coefficient (Wildman–Crippen LogP) is 3.19. The average molecular weight is 540 g/mol.